The van der Waals surface area contributed by atoms with Crippen LogP contribution in [0.3, 0.4) is 0 Å². The maximum Gasteiger partial charge on any atom is 0.194 e. The van der Waals surface area contributed by atoms with Gasteiger partial charge < -0.3 is 24.8 Å². The van der Waals surface area contributed by atoms with Gasteiger partial charge in [0.1, 0.15) is 6.26 Å². The van der Waals surface area contributed by atoms with E-state index in [0.717, 1.165) is 29.4 Å². The molecule has 0 bridgehead atoms. The Kier molecular flexibility index (Phi) is 9.61. The van der Waals surface area contributed by atoms with E-state index >= 15 is 0 Å². The van der Waals surface area contributed by atoms with Gasteiger partial charge in [0.2, 0.25) is 0 Å². The first-order valence-electron chi connectivity index (χ1n) is 8.84. The van der Waals surface area contributed by atoms with Crippen LogP contribution in [-0.4, -0.2) is 40.7 Å². The average Bonchev–Trinajstić information content (AvgIpc) is 2.65. The number of rotatable bonds is 11. The molecule has 0 aliphatic rings. The topological polar surface area (TPSA) is 84.8 Å². The van der Waals surface area contributed by atoms with Crippen LogP contribution in [0, 0.1) is 0 Å². The fourth-order valence-electron chi connectivity index (χ4n) is 2.55. The summed E-state index contributed by atoms with van der Waals surface area (Å²) in [6.45, 7) is 2.50. The van der Waals surface area contributed by atoms with Crippen LogP contribution in [-0.2, 0) is 22.5 Å². The van der Waals surface area contributed by atoms with E-state index in [0.29, 0.717) is 30.2 Å². The first-order chi connectivity index (χ1) is 13.0. The summed E-state index contributed by atoms with van der Waals surface area (Å²) in [5, 5.41) is 23.1. The summed E-state index contributed by atoms with van der Waals surface area (Å²) in [4.78, 5) is 0.342. The SMILES string of the molecule is C[S+]([O-])c1cc(C(O)CNCCCCOCc2ccc(Br)cc2)ccc1O. The van der Waals surface area contributed by atoms with Crippen molar-refractivity contribution < 1.29 is 19.5 Å². The van der Waals surface area contributed by atoms with Crippen LogP contribution in [0.15, 0.2) is 51.8 Å². The van der Waals surface area contributed by atoms with E-state index in [9.17, 15) is 14.8 Å². The zero-order chi connectivity index (χ0) is 19.6. The third-order valence-electron chi connectivity index (χ3n) is 4.09. The molecule has 0 fully saturated rings. The van der Waals surface area contributed by atoms with E-state index in [2.05, 4.69) is 21.2 Å². The van der Waals surface area contributed by atoms with E-state index in [-0.39, 0.29) is 5.75 Å². The van der Waals surface area contributed by atoms with Gasteiger partial charge in [0, 0.05) is 23.7 Å². The number of nitrogens with one attached hydrogen (secondary N) is 1. The van der Waals surface area contributed by atoms with E-state index < -0.39 is 17.3 Å². The molecule has 0 aliphatic heterocycles. The van der Waals surface area contributed by atoms with Crippen LogP contribution < -0.4 is 5.32 Å². The Hall–Kier alpha value is -1.09. The number of unbranched alkanes of at least 4 members (excludes halogenated alkanes) is 1. The molecule has 0 saturated heterocycles. The van der Waals surface area contributed by atoms with Crippen LogP contribution >= 0.6 is 15.9 Å². The Bertz CT molecular complexity index is 697. The number of phenolic OH excluding ortho intramolecular Hbond substituents is 1. The van der Waals surface area contributed by atoms with Gasteiger partial charge in [0.05, 0.1) is 12.7 Å². The summed E-state index contributed by atoms with van der Waals surface area (Å²) in [7, 11) is 0. The molecule has 7 heteroatoms. The highest BCUT2D eigenvalue weighted by atomic mass is 79.9. The van der Waals surface area contributed by atoms with Crippen molar-refractivity contribution in [2.45, 2.75) is 30.4 Å². The van der Waals surface area contributed by atoms with Gasteiger partial charge in [-0.3, -0.25) is 0 Å². The molecule has 0 spiro atoms. The summed E-state index contributed by atoms with van der Waals surface area (Å²) in [6, 6.07) is 12.8. The highest BCUT2D eigenvalue weighted by Gasteiger charge is 2.15. The molecule has 5 nitrogen and oxygen atoms in total. The van der Waals surface area contributed by atoms with Crippen molar-refractivity contribution in [3.63, 3.8) is 0 Å². The molecule has 0 saturated carbocycles. The van der Waals surface area contributed by atoms with Crippen molar-refractivity contribution in [2.24, 2.45) is 0 Å². The summed E-state index contributed by atoms with van der Waals surface area (Å²) in [5.41, 5.74) is 1.80. The zero-order valence-corrected chi connectivity index (χ0v) is 17.8. The molecule has 0 heterocycles. The van der Waals surface area contributed by atoms with Crippen molar-refractivity contribution in [2.75, 3.05) is 26.0 Å². The number of halogens is 1. The van der Waals surface area contributed by atoms with Crippen LogP contribution in [0.2, 0.25) is 0 Å². The zero-order valence-electron chi connectivity index (χ0n) is 15.4. The van der Waals surface area contributed by atoms with Gasteiger partial charge in [-0.1, -0.05) is 34.1 Å². The Labute approximate surface area is 172 Å². The number of hydrogen-bond donors (Lipinski definition) is 3. The Morgan fingerprint density at radius 3 is 2.63 bits per heavy atom. The maximum atomic E-state index is 11.6. The Morgan fingerprint density at radius 1 is 1.19 bits per heavy atom. The third-order valence-corrected chi connectivity index (χ3v) is 5.57. The summed E-state index contributed by atoms with van der Waals surface area (Å²) in [5.74, 6) is -0.0112. The molecule has 0 amide bonds. The van der Waals surface area contributed by atoms with Crippen molar-refractivity contribution in [3.8, 4) is 5.75 Å². The van der Waals surface area contributed by atoms with E-state index in [4.69, 9.17) is 4.74 Å². The maximum absolute atomic E-state index is 11.6. The van der Waals surface area contributed by atoms with Gasteiger partial charge >= 0.3 is 0 Å². The second kappa shape index (κ2) is 11.7. The standard InChI is InChI=1S/C20H26BrNO4S/c1-27(25)20-12-16(6-9-18(20)23)19(24)13-22-10-2-3-11-26-14-15-4-7-17(21)8-5-15/h4-9,12,19,22-24H,2-3,10-11,13-14H2,1H3. The smallest absolute Gasteiger partial charge is 0.194 e. The molecule has 2 aromatic rings. The highest BCUT2D eigenvalue weighted by molar-refractivity contribution is 9.10. The molecule has 0 aromatic heterocycles. The molecular weight excluding hydrogens is 430 g/mol. The second-order valence-corrected chi connectivity index (χ2v) is 8.55. The molecular formula is C20H26BrNO4S. The number of hydrogen-bond acceptors (Lipinski definition) is 5. The normalized spacial score (nSPS) is 13.5. The average molecular weight is 456 g/mol. The lowest BCUT2D eigenvalue weighted by atomic mass is 10.1. The molecule has 148 valence electrons. The fraction of sp³-hybridized carbons (Fsp3) is 0.400. The van der Waals surface area contributed by atoms with Gasteiger partial charge in [0.15, 0.2) is 10.6 Å². The van der Waals surface area contributed by atoms with Crippen molar-refractivity contribution in [1.82, 2.24) is 5.32 Å². The molecule has 2 atom stereocenters. The molecule has 27 heavy (non-hydrogen) atoms. The number of aliphatic hydroxyl groups is 1. The summed E-state index contributed by atoms with van der Waals surface area (Å²) in [6.07, 6.45) is 2.69. The van der Waals surface area contributed by atoms with Crippen LogP contribution in [0.5, 0.6) is 5.75 Å². The minimum atomic E-state index is -1.29. The van der Waals surface area contributed by atoms with Crippen molar-refractivity contribution in [3.05, 3.63) is 58.1 Å². The van der Waals surface area contributed by atoms with Gasteiger partial charge in [-0.2, -0.15) is 0 Å². The quantitative estimate of drug-likeness (QED) is 0.356. The van der Waals surface area contributed by atoms with Crippen molar-refractivity contribution in [1.29, 1.82) is 0 Å². The Morgan fingerprint density at radius 2 is 1.93 bits per heavy atom. The lowest BCUT2D eigenvalue weighted by Gasteiger charge is -2.14. The predicted octanol–water partition coefficient (Wildman–Crippen LogP) is 3.51. The van der Waals surface area contributed by atoms with Gasteiger partial charge in [-0.05, 0) is 59.9 Å². The van der Waals surface area contributed by atoms with E-state index in [1.165, 1.54) is 12.3 Å². The second-order valence-electron chi connectivity index (χ2n) is 6.29. The number of phenols is 1. The van der Waals surface area contributed by atoms with Crippen LogP contribution in [0.1, 0.15) is 30.1 Å². The molecule has 2 aromatic carbocycles. The molecule has 2 unspecified atom stereocenters. The third kappa shape index (κ3) is 7.81. The fourth-order valence-corrected chi connectivity index (χ4v) is 3.48. The van der Waals surface area contributed by atoms with Gasteiger partial charge in [0.25, 0.3) is 0 Å². The molecule has 3 N–H and O–H groups in total. The molecule has 0 radical (unpaired) electrons. The lowest BCUT2D eigenvalue weighted by Crippen LogP contribution is -2.23. The van der Waals surface area contributed by atoms with Crippen LogP contribution in [0.25, 0.3) is 0 Å². The van der Waals surface area contributed by atoms with E-state index in [1.54, 1.807) is 12.1 Å². The predicted molar refractivity (Wildman–Crippen MR) is 111 cm³/mol. The number of benzene rings is 2. The Balaban J connectivity index is 1.58. The largest absolute Gasteiger partial charge is 0.612 e. The number of aromatic hydroxyl groups is 1. The monoisotopic (exact) mass is 455 g/mol. The molecule has 2 rings (SSSR count). The number of ether oxygens (including phenoxy) is 1. The van der Waals surface area contributed by atoms with E-state index in [1.807, 2.05) is 24.3 Å². The minimum absolute atomic E-state index is 0.0112. The summed E-state index contributed by atoms with van der Waals surface area (Å²) < 4.78 is 18.3. The van der Waals surface area contributed by atoms with Crippen molar-refractivity contribution >= 4 is 27.1 Å². The first kappa shape index (κ1) is 22.2. The first-order valence-corrected chi connectivity index (χ1v) is 11.2. The minimum Gasteiger partial charge on any atom is -0.612 e. The molecule has 0 aliphatic carbocycles. The van der Waals surface area contributed by atoms with Gasteiger partial charge in [-0.15, -0.1) is 0 Å². The van der Waals surface area contributed by atoms with Gasteiger partial charge in [-0.25, -0.2) is 0 Å². The van der Waals surface area contributed by atoms with Crippen LogP contribution in [0.4, 0.5) is 0 Å². The summed E-state index contributed by atoms with van der Waals surface area (Å²) >= 11 is 2.12. The lowest BCUT2D eigenvalue weighted by molar-refractivity contribution is 0.116. The highest BCUT2D eigenvalue weighted by Crippen LogP contribution is 2.26. The number of aliphatic hydroxyl groups excluding tert-OH is 1.